The van der Waals surface area contributed by atoms with Crippen molar-refractivity contribution in [2.45, 2.75) is 29.1 Å². The monoisotopic (exact) mass is 403 g/mol. The summed E-state index contributed by atoms with van der Waals surface area (Å²) >= 11 is 0. The number of sulfone groups is 1. The molecule has 1 unspecified atom stereocenters. The topological polar surface area (TPSA) is 127 Å². The maximum absolute atomic E-state index is 12.4. The average molecular weight is 404 g/mol. The molecule has 8 nitrogen and oxygen atoms in total. The standard InChI is InChI=1S/C16H25N3O5S2/c1-25(21,22)14-7-2-3-8-15(14)26(23,24)18-9-5-11-19-10-4-6-13(12-19)16(17)20/h2-3,7-8,13,18H,4-6,9-12H2,1H3,(H2,17,20). The van der Waals surface area contributed by atoms with Crippen LogP contribution >= 0.6 is 0 Å². The number of benzene rings is 1. The highest BCUT2D eigenvalue weighted by molar-refractivity contribution is 7.93. The number of amides is 1. The molecule has 0 spiro atoms. The lowest BCUT2D eigenvalue weighted by Crippen LogP contribution is -2.42. The van der Waals surface area contributed by atoms with Crippen molar-refractivity contribution in [1.82, 2.24) is 9.62 Å². The van der Waals surface area contributed by atoms with Gasteiger partial charge in [0.15, 0.2) is 9.84 Å². The van der Waals surface area contributed by atoms with Crippen LogP contribution in [0.1, 0.15) is 19.3 Å². The Morgan fingerprint density at radius 3 is 2.50 bits per heavy atom. The second-order valence-corrected chi connectivity index (χ2v) is 10.2. The fraction of sp³-hybridized carbons (Fsp3) is 0.562. The van der Waals surface area contributed by atoms with Crippen LogP contribution in [0.2, 0.25) is 0 Å². The number of nitrogens with one attached hydrogen (secondary N) is 1. The maximum Gasteiger partial charge on any atom is 0.241 e. The van der Waals surface area contributed by atoms with Gasteiger partial charge < -0.3 is 10.6 Å². The van der Waals surface area contributed by atoms with E-state index in [1.54, 1.807) is 0 Å². The first-order valence-electron chi connectivity index (χ1n) is 8.41. The number of nitrogens with zero attached hydrogens (tertiary/aromatic N) is 1. The molecule has 1 amide bonds. The molecule has 1 saturated heterocycles. The smallest absolute Gasteiger partial charge is 0.241 e. The molecule has 1 aliphatic rings. The Kier molecular flexibility index (Phi) is 6.78. The summed E-state index contributed by atoms with van der Waals surface area (Å²) in [7, 11) is -7.57. The molecule has 1 aromatic rings. The van der Waals surface area contributed by atoms with E-state index in [4.69, 9.17) is 5.73 Å². The van der Waals surface area contributed by atoms with Gasteiger partial charge in [0.05, 0.1) is 10.8 Å². The minimum Gasteiger partial charge on any atom is -0.369 e. The molecular weight excluding hydrogens is 378 g/mol. The van der Waals surface area contributed by atoms with Crippen molar-refractivity contribution < 1.29 is 21.6 Å². The molecule has 3 N–H and O–H groups in total. The summed E-state index contributed by atoms with van der Waals surface area (Å²) in [6.07, 6.45) is 3.21. The number of hydrogen-bond acceptors (Lipinski definition) is 6. The summed E-state index contributed by atoms with van der Waals surface area (Å²) in [4.78, 5) is 12.9. The molecule has 0 radical (unpaired) electrons. The fourth-order valence-corrected chi connectivity index (χ4v) is 5.76. The molecule has 1 aliphatic heterocycles. The highest BCUT2D eigenvalue weighted by Gasteiger charge is 2.25. The van der Waals surface area contributed by atoms with Crippen LogP contribution in [0.4, 0.5) is 0 Å². The highest BCUT2D eigenvalue weighted by Crippen LogP contribution is 2.20. The second kappa shape index (κ2) is 8.47. The van der Waals surface area contributed by atoms with Crippen LogP contribution in [-0.2, 0) is 24.7 Å². The Bertz CT molecular complexity index is 852. The van der Waals surface area contributed by atoms with E-state index in [-0.39, 0.29) is 28.2 Å². The molecule has 26 heavy (non-hydrogen) atoms. The number of primary amides is 1. The zero-order chi connectivity index (χ0) is 19.4. The summed E-state index contributed by atoms with van der Waals surface area (Å²) in [6, 6.07) is 5.53. The van der Waals surface area contributed by atoms with E-state index >= 15 is 0 Å². The van der Waals surface area contributed by atoms with Crippen LogP contribution in [0.5, 0.6) is 0 Å². The van der Waals surface area contributed by atoms with Gasteiger partial charge in [0.25, 0.3) is 0 Å². The number of sulfonamides is 1. The third-order valence-electron chi connectivity index (χ3n) is 4.39. The molecule has 1 atom stereocenters. The largest absolute Gasteiger partial charge is 0.369 e. The third-order valence-corrected chi connectivity index (χ3v) is 7.19. The quantitative estimate of drug-likeness (QED) is 0.586. The number of carbonyl (C=O) groups is 1. The lowest BCUT2D eigenvalue weighted by atomic mass is 9.97. The maximum atomic E-state index is 12.4. The van der Waals surface area contributed by atoms with E-state index in [2.05, 4.69) is 9.62 Å². The predicted octanol–water partition coefficient (Wildman–Crippen LogP) is -0.0442. The van der Waals surface area contributed by atoms with E-state index in [1.807, 2.05) is 0 Å². The Hall–Kier alpha value is -1.49. The van der Waals surface area contributed by atoms with Gasteiger partial charge in [0, 0.05) is 19.3 Å². The summed E-state index contributed by atoms with van der Waals surface area (Å²) < 4.78 is 50.9. The predicted molar refractivity (Wildman–Crippen MR) is 97.7 cm³/mol. The Morgan fingerprint density at radius 2 is 1.88 bits per heavy atom. The first kappa shape index (κ1) is 20.8. The molecular formula is C16H25N3O5S2. The van der Waals surface area contributed by atoms with Crippen LogP contribution in [0.15, 0.2) is 34.1 Å². The summed E-state index contributed by atoms with van der Waals surface area (Å²) in [5.41, 5.74) is 5.35. The molecule has 0 aliphatic carbocycles. The van der Waals surface area contributed by atoms with Crippen molar-refractivity contribution in [2.24, 2.45) is 11.7 Å². The van der Waals surface area contributed by atoms with Gasteiger partial charge in [0.2, 0.25) is 15.9 Å². The van der Waals surface area contributed by atoms with Crippen molar-refractivity contribution in [1.29, 1.82) is 0 Å². The number of carbonyl (C=O) groups excluding carboxylic acids is 1. The molecule has 0 aromatic heterocycles. The van der Waals surface area contributed by atoms with Crippen LogP contribution in [0, 0.1) is 5.92 Å². The average Bonchev–Trinajstić information content (AvgIpc) is 2.58. The number of nitrogens with two attached hydrogens (primary N) is 1. The van der Waals surface area contributed by atoms with E-state index in [0.717, 1.165) is 25.6 Å². The van der Waals surface area contributed by atoms with Gasteiger partial charge in [-0.25, -0.2) is 21.6 Å². The molecule has 1 aromatic carbocycles. The van der Waals surface area contributed by atoms with Gasteiger partial charge in [0.1, 0.15) is 4.90 Å². The normalized spacial score (nSPS) is 19.3. The van der Waals surface area contributed by atoms with Crippen molar-refractivity contribution in [2.75, 3.05) is 32.4 Å². The molecule has 2 rings (SSSR count). The number of rotatable bonds is 8. The first-order valence-corrected chi connectivity index (χ1v) is 11.8. The van der Waals surface area contributed by atoms with E-state index in [0.29, 0.717) is 19.5 Å². The van der Waals surface area contributed by atoms with E-state index < -0.39 is 19.9 Å². The van der Waals surface area contributed by atoms with Crippen LogP contribution in [0.3, 0.4) is 0 Å². The zero-order valence-electron chi connectivity index (χ0n) is 14.7. The second-order valence-electron chi connectivity index (χ2n) is 6.51. The number of piperidine rings is 1. The van der Waals surface area contributed by atoms with Gasteiger partial charge in [-0.1, -0.05) is 12.1 Å². The van der Waals surface area contributed by atoms with Crippen LogP contribution < -0.4 is 10.5 Å². The summed E-state index contributed by atoms with van der Waals surface area (Å²) in [5, 5.41) is 0. The third kappa shape index (κ3) is 5.50. The summed E-state index contributed by atoms with van der Waals surface area (Å²) in [6.45, 7) is 2.27. The minimum absolute atomic E-state index is 0.151. The summed E-state index contributed by atoms with van der Waals surface area (Å²) in [5.74, 6) is -0.449. The van der Waals surface area contributed by atoms with Crippen molar-refractivity contribution in [3.63, 3.8) is 0 Å². The van der Waals surface area contributed by atoms with Crippen LogP contribution in [-0.4, -0.2) is 60.1 Å². The molecule has 0 saturated carbocycles. The van der Waals surface area contributed by atoms with E-state index in [1.165, 1.54) is 24.3 Å². The Labute approximate surface area is 154 Å². The molecule has 1 heterocycles. The first-order chi connectivity index (χ1) is 12.1. The van der Waals surface area contributed by atoms with Gasteiger partial charge in [-0.15, -0.1) is 0 Å². The molecule has 0 bridgehead atoms. The molecule has 1 fully saturated rings. The lowest BCUT2D eigenvalue weighted by molar-refractivity contribution is -0.123. The van der Waals surface area contributed by atoms with Crippen molar-refractivity contribution in [3.8, 4) is 0 Å². The lowest BCUT2D eigenvalue weighted by Gasteiger charge is -2.31. The zero-order valence-corrected chi connectivity index (χ0v) is 16.4. The van der Waals surface area contributed by atoms with Crippen molar-refractivity contribution >= 4 is 25.8 Å². The minimum atomic E-state index is -3.92. The number of hydrogen-bond donors (Lipinski definition) is 2. The Morgan fingerprint density at radius 1 is 1.23 bits per heavy atom. The van der Waals surface area contributed by atoms with Gasteiger partial charge >= 0.3 is 0 Å². The van der Waals surface area contributed by atoms with Crippen LogP contribution in [0.25, 0.3) is 0 Å². The fourth-order valence-electron chi connectivity index (χ4n) is 3.06. The van der Waals surface area contributed by atoms with Crippen molar-refractivity contribution in [3.05, 3.63) is 24.3 Å². The highest BCUT2D eigenvalue weighted by atomic mass is 32.2. The molecule has 146 valence electrons. The van der Waals surface area contributed by atoms with Gasteiger partial charge in [-0.3, -0.25) is 4.79 Å². The van der Waals surface area contributed by atoms with E-state index in [9.17, 15) is 21.6 Å². The number of likely N-dealkylation sites (tertiary alicyclic amines) is 1. The van der Waals surface area contributed by atoms with Gasteiger partial charge in [-0.2, -0.15) is 0 Å². The van der Waals surface area contributed by atoms with Gasteiger partial charge in [-0.05, 0) is 44.5 Å². The molecule has 10 heteroatoms. The Balaban J connectivity index is 1.93. The SMILES string of the molecule is CS(=O)(=O)c1ccccc1S(=O)(=O)NCCCN1CCCC(C(N)=O)C1.